The molecule has 1 aromatic rings. The second-order valence-corrected chi connectivity index (χ2v) is 7.88. The Balaban J connectivity index is 1.41. The quantitative estimate of drug-likeness (QED) is 0.719. The van der Waals surface area contributed by atoms with Gasteiger partial charge in [0.05, 0.1) is 6.54 Å². The maximum absolute atomic E-state index is 12.1. The molecule has 2 unspecified atom stereocenters. The standard InChI is InChI=1S/C18H24BrN3O2/c1-11-6-13(19)2-5-16(11)22-18(24)10-20-17(23)9-12-7-14-3-4-15(8-12)21-14/h2,5-6,12,14-15,21H,3-4,7-10H2,1H3,(H,20,23)(H,22,24). The van der Waals surface area contributed by atoms with E-state index in [9.17, 15) is 9.59 Å². The molecule has 2 saturated heterocycles. The van der Waals surface area contributed by atoms with Gasteiger partial charge in [-0.3, -0.25) is 9.59 Å². The summed E-state index contributed by atoms with van der Waals surface area (Å²) in [6, 6.07) is 6.85. The van der Waals surface area contributed by atoms with Crippen molar-refractivity contribution in [1.29, 1.82) is 0 Å². The Morgan fingerprint density at radius 1 is 1.21 bits per heavy atom. The molecule has 2 aliphatic heterocycles. The number of piperidine rings is 1. The molecular weight excluding hydrogens is 370 g/mol. The average Bonchev–Trinajstić information content (AvgIpc) is 2.87. The van der Waals surface area contributed by atoms with E-state index in [1.165, 1.54) is 12.8 Å². The molecule has 3 N–H and O–H groups in total. The molecule has 2 atom stereocenters. The molecule has 2 fully saturated rings. The molecule has 1 aromatic carbocycles. The van der Waals surface area contributed by atoms with Gasteiger partial charge in [0.1, 0.15) is 0 Å². The van der Waals surface area contributed by atoms with Crippen molar-refractivity contribution in [2.75, 3.05) is 11.9 Å². The Morgan fingerprint density at radius 3 is 2.58 bits per heavy atom. The van der Waals surface area contributed by atoms with Gasteiger partial charge in [0.25, 0.3) is 0 Å². The molecule has 0 spiro atoms. The third-order valence-corrected chi connectivity index (χ3v) is 5.45. The van der Waals surface area contributed by atoms with Crippen molar-refractivity contribution in [3.63, 3.8) is 0 Å². The zero-order valence-corrected chi connectivity index (χ0v) is 15.5. The molecule has 0 aliphatic carbocycles. The van der Waals surface area contributed by atoms with E-state index in [1.54, 1.807) is 0 Å². The highest BCUT2D eigenvalue weighted by Crippen LogP contribution is 2.32. The normalized spacial score (nSPS) is 25.3. The molecule has 24 heavy (non-hydrogen) atoms. The molecule has 130 valence electrons. The van der Waals surface area contributed by atoms with Crippen molar-refractivity contribution in [2.45, 2.75) is 51.1 Å². The third-order valence-electron chi connectivity index (χ3n) is 4.95. The molecule has 2 aliphatic rings. The van der Waals surface area contributed by atoms with Gasteiger partial charge in [-0.2, -0.15) is 0 Å². The number of carbonyl (C=O) groups excluding carboxylic acids is 2. The summed E-state index contributed by atoms with van der Waals surface area (Å²) < 4.78 is 0.974. The fourth-order valence-electron chi connectivity index (χ4n) is 3.82. The minimum absolute atomic E-state index is 0.0200. The van der Waals surface area contributed by atoms with Crippen molar-refractivity contribution in [3.8, 4) is 0 Å². The maximum atomic E-state index is 12.1. The zero-order valence-electron chi connectivity index (χ0n) is 13.9. The third kappa shape index (κ3) is 4.57. The summed E-state index contributed by atoms with van der Waals surface area (Å²) in [7, 11) is 0. The van der Waals surface area contributed by atoms with E-state index in [1.807, 2.05) is 25.1 Å². The number of fused-ring (bicyclic) bond motifs is 2. The molecule has 3 rings (SSSR count). The van der Waals surface area contributed by atoms with E-state index >= 15 is 0 Å². The summed E-state index contributed by atoms with van der Waals surface area (Å²) in [5, 5.41) is 9.17. The largest absolute Gasteiger partial charge is 0.347 e. The molecular formula is C18H24BrN3O2. The highest BCUT2D eigenvalue weighted by atomic mass is 79.9. The van der Waals surface area contributed by atoms with Crippen molar-refractivity contribution >= 4 is 33.4 Å². The summed E-state index contributed by atoms with van der Waals surface area (Å²) in [6.45, 7) is 1.95. The number of hydrogen-bond donors (Lipinski definition) is 3. The number of carbonyl (C=O) groups is 2. The Hall–Kier alpha value is -1.40. The smallest absolute Gasteiger partial charge is 0.243 e. The van der Waals surface area contributed by atoms with Gasteiger partial charge in [0, 0.05) is 28.7 Å². The van der Waals surface area contributed by atoms with Gasteiger partial charge in [-0.1, -0.05) is 15.9 Å². The average molecular weight is 394 g/mol. The maximum Gasteiger partial charge on any atom is 0.243 e. The van der Waals surface area contributed by atoms with Crippen LogP contribution in [0.2, 0.25) is 0 Å². The molecule has 5 nitrogen and oxygen atoms in total. The summed E-state index contributed by atoms with van der Waals surface area (Å²) in [5.41, 5.74) is 1.75. The van der Waals surface area contributed by atoms with Gasteiger partial charge in [-0.05, 0) is 62.3 Å². The summed E-state index contributed by atoms with van der Waals surface area (Å²) >= 11 is 3.40. The van der Waals surface area contributed by atoms with E-state index < -0.39 is 0 Å². The van der Waals surface area contributed by atoms with Crippen LogP contribution < -0.4 is 16.0 Å². The number of amides is 2. The Morgan fingerprint density at radius 2 is 1.92 bits per heavy atom. The van der Waals surface area contributed by atoms with Crippen LogP contribution in [0.15, 0.2) is 22.7 Å². The first-order chi connectivity index (χ1) is 11.5. The van der Waals surface area contributed by atoms with Gasteiger partial charge < -0.3 is 16.0 Å². The topological polar surface area (TPSA) is 70.2 Å². The van der Waals surface area contributed by atoms with Gasteiger partial charge in [0.2, 0.25) is 11.8 Å². The lowest BCUT2D eigenvalue weighted by molar-refractivity contribution is -0.125. The number of rotatable bonds is 5. The number of benzene rings is 1. The number of hydrogen-bond acceptors (Lipinski definition) is 3. The second-order valence-electron chi connectivity index (χ2n) is 6.96. The highest BCUT2D eigenvalue weighted by molar-refractivity contribution is 9.10. The van der Waals surface area contributed by atoms with Gasteiger partial charge in [-0.25, -0.2) is 0 Å². The summed E-state index contributed by atoms with van der Waals surface area (Å²) in [6.07, 6.45) is 5.15. The Labute approximate surface area is 151 Å². The number of anilines is 1. The van der Waals surface area contributed by atoms with Crippen molar-refractivity contribution < 1.29 is 9.59 Å². The van der Waals surface area contributed by atoms with Crippen LogP contribution in [0.5, 0.6) is 0 Å². The summed E-state index contributed by atoms with van der Waals surface area (Å²) in [4.78, 5) is 24.1. The minimum Gasteiger partial charge on any atom is -0.347 e. The lowest BCUT2D eigenvalue weighted by Crippen LogP contribution is -2.40. The van der Waals surface area contributed by atoms with Crippen LogP contribution >= 0.6 is 15.9 Å². The first-order valence-electron chi connectivity index (χ1n) is 8.58. The SMILES string of the molecule is Cc1cc(Br)ccc1NC(=O)CNC(=O)CC1CC2CCC(C1)N2. The molecule has 2 amide bonds. The number of nitrogens with one attached hydrogen (secondary N) is 3. The molecule has 0 aromatic heterocycles. The number of halogens is 1. The van der Waals surface area contributed by atoms with Crippen molar-refractivity contribution in [1.82, 2.24) is 10.6 Å². The molecule has 0 saturated carbocycles. The van der Waals surface area contributed by atoms with Crippen molar-refractivity contribution in [2.24, 2.45) is 5.92 Å². The van der Waals surface area contributed by atoms with E-state index in [0.717, 1.165) is 28.6 Å². The zero-order chi connectivity index (χ0) is 17.1. The van der Waals surface area contributed by atoms with Gasteiger partial charge in [0.15, 0.2) is 0 Å². The molecule has 6 heteroatoms. The first kappa shape index (κ1) is 17.4. The van der Waals surface area contributed by atoms with E-state index in [4.69, 9.17) is 0 Å². The first-order valence-corrected chi connectivity index (χ1v) is 9.37. The fourth-order valence-corrected chi connectivity index (χ4v) is 4.29. The van der Waals surface area contributed by atoms with Crippen molar-refractivity contribution in [3.05, 3.63) is 28.2 Å². The van der Waals surface area contributed by atoms with Crippen LogP contribution in [0.3, 0.4) is 0 Å². The van der Waals surface area contributed by atoms with Crippen LogP contribution in [-0.2, 0) is 9.59 Å². The predicted octanol–water partition coefficient (Wildman–Crippen LogP) is 2.73. The van der Waals surface area contributed by atoms with E-state index in [2.05, 4.69) is 31.9 Å². The van der Waals surface area contributed by atoms with Crippen LogP contribution in [-0.4, -0.2) is 30.4 Å². The molecule has 2 bridgehead atoms. The minimum atomic E-state index is -0.195. The molecule has 0 radical (unpaired) electrons. The van der Waals surface area contributed by atoms with Crippen LogP contribution in [0.4, 0.5) is 5.69 Å². The second kappa shape index (κ2) is 7.66. The fraction of sp³-hybridized carbons (Fsp3) is 0.556. The Bertz CT molecular complexity index is 623. The van der Waals surface area contributed by atoms with E-state index in [-0.39, 0.29) is 18.4 Å². The predicted molar refractivity (Wildman–Crippen MR) is 97.8 cm³/mol. The van der Waals surface area contributed by atoms with Gasteiger partial charge in [-0.15, -0.1) is 0 Å². The Kier molecular flexibility index (Phi) is 5.56. The van der Waals surface area contributed by atoms with Crippen LogP contribution in [0.25, 0.3) is 0 Å². The lowest BCUT2D eigenvalue weighted by Gasteiger charge is -2.28. The number of aryl methyl sites for hydroxylation is 1. The van der Waals surface area contributed by atoms with Gasteiger partial charge >= 0.3 is 0 Å². The van der Waals surface area contributed by atoms with Crippen LogP contribution in [0, 0.1) is 12.8 Å². The summed E-state index contributed by atoms with van der Waals surface area (Å²) in [5.74, 6) is 0.226. The van der Waals surface area contributed by atoms with Crippen LogP contribution in [0.1, 0.15) is 37.7 Å². The molecule has 2 heterocycles. The monoisotopic (exact) mass is 393 g/mol. The van der Waals surface area contributed by atoms with E-state index in [0.29, 0.717) is 24.4 Å². The highest BCUT2D eigenvalue weighted by Gasteiger charge is 2.34. The lowest BCUT2D eigenvalue weighted by atomic mass is 9.89.